The maximum absolute atomic E-state index is 2.77. The van der Waals surface area contributed by atoms with E-state index in [1.807, 2.05) is 0 Å². The Morgan fingerprint density at radius 3 is 1.12 bits per heavy atom. The predicted molar refractivity (Wildman–Crippen MR) is 109 cm³/mol. The summed E-state index contributed by atoms with van der Waals surface area (Å²) in [6.07, 6.45) is 0. The largest absolute Gasteiger partial charge is 0.295 e. The fourth-order valence-corrected chi connectivity index (χ4v) is 4.95. The molecule has 0 radical (unpaired) electrons. The highest BCUT2D eigenvalue weighted by atomic mass is 15.4. The van der Waals surface area contributed by atoms with Crippen LogP contribution in [-0.4, -0.2) is 119 Å². The molecule has 5 heteroatoms. The first-order valence-electron chi connectivity index (χ1n) is 10.8. The van der Waals surface area contributed by atoms with Crippen LogP contribution in [0.5, 0.6) is 0 Å². The zero-order valence-corrected chi connectivity index (χ0v) is 18.0. The van der Waals surface area contributed by atoms with Gasteiger partial charge in [0.2, 0.25) is 0 Å². The molecule has 4 heterocycles. The summed E-state index contributed by atoms with van der Waals surface area (Å²) < 4.78 is 0. The molecule has 26 heavy (non-hydrogen) atoms. The average molecular weight is 364 g/mol. The Morgan fingerprint density at radius 1 is 0.462 bits per heavy atom. The molecular weight excluding hydrogens is 322 g/mol. The third-order valence-electron chi connectivity index (χ3n) is 7.41. The van der Waals surface area contributed by atoms with Crippen molar-refractivity contribution < 1.29 is 0 Å². The maximum Gasteiger partial charge on any atom is 0.0352 e. The highest BCUT2D eigenvalue weighted by Crippen LogP contribution is 2.29. The third-order valence-corrected chi connectivity index (χ3v) is 7.41. The summed E-state index contributed by atoms with van der Waals surface area (Å²) in [5.41, 5.74) is 0.693. The molecule has 0 N–H and O–H groups in total. The first-order chi connectivity index (χ1) is 12.1. The van der Waals surface area contributed by atoms with Crippen LogP contribution in [0.1, 0.15) is 41.5 Å². The number of nitrogens with zero attached hydrogens (tertiary/aromatic N) is 5. The monoisotopic (exact) mass is 363 g/mol. The Hall–Kier alpha value is -0.200. The van der Waals surface area contributed by atoms with Crippen molar-refractivity contribution in [2.45, 2.75) is 70.7 Å². The van der Waals surface area contributed by atoms with E-state index in [4.69, 9.17) is 0 Å². The van der Waals surface area contributed by atoms with Gasteiger partial charge in [0.15, 0.2) is 0 Å². The van der Waals surface area contributed by atoms with Crippen molar-refractivity contribution >= 4 is 0 Å². The average Bonchev–Trinajstić information content (AvgIpc) is 2.36. The lowest BCUT2D eigenvalue weighted by molar-refractivity contribution is -0.0907. The van der Waals surface area contributed by atoms with Crippen LogP contribution in [0.25, 0.3) is 0 Å². The number of piperazine rings is 1. The molecule has 0 amide bonds. The molecule has 0 aromatic carbocycles. The fourth-order valence-electron chi connectivity index (χ4n) is 4.95. The summed E-state index contributed by atoms with van der Waals surface area (Å²) in [6.45, 7) is 26.9. The van der Waals surface area contributed by atoms with Gasteiger partial charge in [-0.25, -0.2) is 0 Å². The quantitative estimate of drug-likeness (QED) is 0.748. The second-order valence-electron chi connectivity index (χ2n) is 11.1. The van der Waals surface area contributed by atoms with Crippen molar-refractivity contribution in [2.75, 3.05) is 65.4 Å². The molecule has 0 unspecified atom stereocenters. The molecule has 0 aromatic rings. The van der Waals surface area contributed by atoms with Gasteiger partial charge < -0.3 is 0 Å². The molecule has 4 aliphatic rings. The Bertz CT molecular complexity index is 482. The minimum atomic E-state index is 0.345. The molecule has 0 aliphatic carbocycles. The van der Waals surface area contributed by atoms with Crippen molar-refractivity contribution in [3.8, 4) is 0 Å². The van der Waals surface area contributed by atoms with Crippen LogP contribution in [0.2, 0.25) is 0 Å². The van der Waals surface area contributed by atoms with Crippen molar-refractivity contribution in [1.82, 2.24) is 24.5 Å². The summed E-state index contributed by atoms with van der Waals surface area (Å²) in [7, 11) is 0. The second kappa shape index (κ2) is 6.70. The van der Waals surface area contributed by atoms with Gasteiger partial charge in [0.05, 0.1) is 0 Å². The van der Waals surface area contributed by atoms with Crippen LogP contribution in [0, 0.1) is 0 Å². The summed E-state index contributed by atoms with van der Waals surface area (Å²) in [5, 5.41) is 0. The van der Waals surface area contributed by atoms with Gasteiger partial charge in [-0.2, -0.15) is 0 Å². The standard InChI is InChI=1S/C21H41N5/c1-20(2,3)25-13-18(14-25)23-9-7-22(8-10-23)17-11-24(12-17)19-15-26(16-19)21(4,5)6/h17-19H,7-16H2,1-6H3. The Labute approximate surface area is 161 Å². The van der Waals surface area contributed by atoms with Gasteiger partial charge in [-0.3, -0.25) is 24.5 Å². The smallest absolute Gasteiger partial charge is 0.0352 e. The van der Waals surface area contributed by atoms with E-state index in [9.17, 15) is 0 Å². The minimum Gasteiger partial charge on any atom is -0.295 e. The van der Waals surface area contributed by atoms with Gasteiger partial charge in [0, 0.05) is 94.7 Å². The third kappa shape index (κ3) is 3.70. The highest BCUT2D eigenvalue weighted by Gasteiger charge is 2.44. The topological polar surface area (TPSA) is 16.2 Å². The molecule has 4 saturated heterocycles. The van der Waals surface area contributed by atoms with E-state index in [2.05, 4.69) is 66.0 Å². The van der Waals surface area contributed by atoms with Crippen LogP contribution in [0.15, 0.2) is 0 Å². The second-order valence-corrected chi connectivity index (χ2v) is 11.1. The molecule has 4 rings (SSSR count). The van der Waals surface area contributed by atoms with Crippen molar-refractivity contribution in [2.24, 2.45) is 0 Å². The SMILES string of the molecule is CC(C)(C)N1CC(N2CCN(C3CN(C4CN(C(C)(C)C)C4)C3)CC2)C1. The molecule has 5 nitrogen and oxygen atoms in total. The zero-order chi connectivity index (χ0) is 18.7. The zero-order valence-electron chi connectivity index (χ0n) is 18.0. The van der Waals surface area contributed by atoms with Crippen molar-refractivity contribution in [1.29, 1.82) is 0 Å². The molecule has 0 spiro atoms. The predicted octanol–water partition coefficient (Wildman–Crippen LogP) is 1.25. The summed E-state index contributed by atoms with van der Waals surface area (Å²) in [6, 6.07) is 2.46. The Balaban J connectivity index is 1.13. The lowest BCUT2D eigenvalue weighted by Gasteiger charge is -2.58. The summed E-state index contributed by atoms with van der Waals surface area (Å²) in [4.78, 5) is 13.5. The molecule has 0 aromatic heterocycles. The first kappa shape index (κ1) is 19.1. The number of hydrogen-bond acceptors (Lipinski definition) is 5. The maximum atomic E-state index is 2.77. The molecule has 4 fully saturated rings. The molecule has 150 valence electrons. The summed E-state index contributed by atoms with van der Waals surface area (Å²) in [5.74, 6) is 0. The van der Waals surface area contributed by atoms with E-state index in [1.54, 1.807) is 0 Å². The van der Waals surface area contributed by atoms with Gasteiger partial charge in [0.25, 0.3) is 0 Å². The first-order valence-corrected chi connectivity index (χ1v) is 10.8. The van der Waals surface area contributed by atoms with Gasteiger partial charge in [-0.1, -0.05) is 0 Å². The van der Waals surface area contributed by atoms with E-state index in [1.165, 1.54) is 65.4 Å². The van der Waals surface area contributed by atoms with E-state index >= 15 is 0 Å². The highest BCUT2D eigenvalue weighted by molar-refractivity contribution is 5.02. The Kier molecular flexibility index (Phi) is 4.93. The number of rotatable bonds is 3. The van der Waals surface area contributed by atoms with Crippen molar-refractivity contribution in [3.63, 3.8) is 0 Å². The van der Waals surface area contributed by atoms with Crippen LogP contribution in [0.4, 0.5) is 0 Å². The summed E-state index contributed by atoms with van der Waals surface area (Å²) >= 11 is 0. The van der Waals surface area contributed by atoms with Gasteiger partial charge in [-0.15, -0.1) is 0 Å². The van der Waals surface area contributed by atoms with E-state index in [-0.39, 0.29) is 0 Å². The van der Waals surface area contributed by atoms with E-state index in [0.29, 0.717) is 11.1 Å². The van der Waals surface area contributed by atoms with Crippen LogP contribution in [-0.2, 0) is 0 Å². The normalized spacial score (nSPS) is 30.2. The molecule has 0 bridgehead atoms. The lowest BCUT2D eigenvalue weighted by Crippen LogP contribution is -2.73. The lowest BCUT2D eigenvalue weighted by atomic mass is 9.93. The van der Waals surface area contributed by atoms with Crippen LogP contribution >= 0.6 is 0 Å². The van der Waals surface area contributed by atoms with Crippen LogP contribution in [0.3, 0.4) is 0 Å². The number of hydrogen-bond donors (Lipinski definition) is 0. The van der Waals surface area contributed by atoms with E-state index in [0.717, 1.165) is 18.1 Å². The fraction of sp³-hybridized carbons (Fsp3) is 1.00. The van der Waals surface area contributed by atoms with Gasteiger partial charge in [-0.05, 0) is 41.5 Å². The molecule has 4 aliphatic heterocycles. The van der Waals surface area contributed by atoms with Gasteiger partial charge in [0.1, 0.15) is 0 Å². The molecule has 0 atom stereocenters. The van der Waals surface area contributed by atoms with Crippen molar-refractivity contribution in [3.05, 3.63) is 0 Å². The molecule has 0 saturated carbocycles. The van der Waals surface area contributed by atoms with Gasteiger partial charge >= 0.3 is 0 Å². The van der Waals surface area contributed by atoms with E-state index < -0.39 is 0 Å². The minimum absolute atomic E-state index is 0.345. The number of likely N-dealkylation sites (tertiary alicyclic amines) is 3. The Morgan fingerprint density at radius 2 is 0.769 bits per heavy atom. The van der Waals surface area contributed by atoms with Crippen LogP contribution < -0.4 is 0 Å². The molecular formula is C21H41N5.